The van der Waals surface area contributed by atoms with Gasteiger partial charge in [0, 0.05) is 24.9 Å². The number of rotatable bonds is 4. The first-order valence-corrected chi connectivity index (χ1v) is 9.38. The molecule has 0 aliphatic carbocycles. The molecule has 2 N–H and O–H groups in total. The summed E-state index contributed by atoms with van der Waals surface area (Å²) in [6.07, 6.45) is 3.17. The van der Waals surface area contributed by atoms with Crippen LogP contribution >= 0.6 is 23.8 Å². The number of benzene rings is 2. The van der Waals surface area contributed by atoms with Crippen LogP contribution in [0.4, 0.5) is 11.4 Å². The van der Waals surface area contributed by atoms with E-state index in [0.29, 0.717) is 23.9 Å². The van der Waals surface area contributed by atoms with E-state index in [1.54, 1.807) is 12.1 Å². The molecule has 7 heteroatoms. The molecule has 0 aromatic heterocycles. The Morgan fingerprint density at radius 3 is 2.59 bits per heavy atom. The number of morpholine rings is 1. The maximum atomic E-state index is 12.0. The second kappa shape index (κ2) is 9.50. The van der Waals surface area contributed by atoms with E-state index in [1.165, 1.54) is 6.08 Å². The van der Waals surface area contributed by atoms with E-state index in [0.717, 1.165) is 24.3 Å². The van der Waals surface area contributed by atoms with Crippen molar-refractivity contribution in [3.63, 3.8) is 0 Å². The van der Waals surface area contributed by atoms with Crippen molar-refractivity contribution in [3.05, 3.63) is 65.2 Å². The van der Waals surface area contributed by atoms with Gasteiger partial charge >= 0.3 is 0 Å². The zero-order chi connectivity index (χ0) is 19.1. The molecule has 1 saturated heterocycles. The first-order chi connectivity index (χ1) is 13.1. The molecule has 0 radical (unpaired) electrons. The summed E-state index contributed by atoms with van der Waals surface area (Å²) in [4.78, 5) is 14.2. The molecule has 1 amide bonds. The van der Waals surface area contributed by atoms with E-state index in [2.05, 4.69) is 15.5 Å². The predicted octanol–water partition coefficient (Wildman–Crippen LogP) is 3.70. The average Bonchev–Trinajstić information content (AvgIpc) is 2.68. The molecule has 1 fully saturated rings. The number of carbonyl (C=O) groups is 1. The van der Waals surface area contributed by atoms with Crippen molar-refractivity contribution in [3.8, 4) is 0 Å². The summed E-state index contributed by atoms with van der Waals surface area (Å²) in [6.45, 7) is 3.02. The molecule has 0 unspecified atom stereocenters. The minimum atomic E-state index is -0.299. The third-order valence-electron chi connectivity index (χ3n) is 4.02. The van der Waals surface area contributed by atoms with Gasteiger partial charge in [-0.3, -0.25) is 10.1 Å². The van der Waals surface area contributed by atoms with Crippen LogP contribution < -0.4 is 15.5 Å². The van der Waals surface area contributed by atoms with Gasteiger partial charge < -0.3 is 15.0 Å². The summed E-state index contributed by atoms with van der Waals surface area (Å²) in [7, 11) is 0. The highest BCUT2D eigenvalue weighted by molar-refractivity contribution is 7.80. The molecule has 1 aliphatic heterocycles. The Labute approximate surface area is 169 Å². The van der Waals surface area contributed by atoms with Crippen LogP contribution in [-0.4, -0.2) is 37.3 Å². The van der Waals surface area contributed by atoms with Crippen molar-refractivity contribution in [2.75, 3.05) is 36.5 Å². The zero-order valence-electron chi connectivity index (χ0n) is 14.7. The lowest BCUT2D eigenvalue weighted by Gasteiger charge is -2.29. The average molecular weight is 402 g/mol. The van der Waals surface area contributed by atoms with Crippen LogP contribution in [0, 0.1) is 0 Å². The SMILES string of the molecule is O=C(/C=C\c1ccccc1)NC(=S)Nc1ccc(N2CCOCC2)c(Cl)c1. The Morgan fingerprint density at radius 1 is 1.15 bits per heavy atom. The minimum Gasteiger partial charge on any atom is -0.378 e. The molecule has 27 heavy (non-hydrogen) atoms. The summed E-state index contributed by atoms with van der Waals surface area (Å²) in [5.74, 6) is -0.299. The van der Waals surface area contributed by atoms with Gasteiger partial charge in [-0.1, -0.05) is 41.9 Å². The van der Waals surface area contributed by atoms with E-state index >= 15 is 0 Å². The van der Waals surface area contributed by atoms with Crippen molar-refractivity contribution in [1.29, 1.82) is 0 Å². The van der Waals surface area contributed by atoms with Crippen LogP contribution in [0.15, 0.2) is 54.6 Å². The number of amides is 1. The molecule has 3 rings (SSSR count). The van der Waals surface area contributed by atoms with Crippen LogP contribution in [-0.2, 0) is 9.53 Å². The van der Waals surface area contributed by atoms with E-state index < -0.39 is 0 Å². The fourth-order valence-corrected chi connectivity index (χ4v) is 3.22. The molecule has 5 nitrogen and oxygen atoms in total. The number of ether oxygens (including phenoxy) is 1. The van der Waals surface area contributed by atoms with E-state index in [-0.39, 0.29) is 11.0 Å². The molecule has 2 aromatic rings. The normalized spacial score (nSPS) is 14.2. The summed E-state index contributed by atoms with van der Waals surface area (Å²) in [6, 6.07) is 15.2. The van der Waals surface area contributed by atoms with Crippen LogP contribution in [0.3, 0.4) is 0 Å². The Hall–Kier alpha value is -2.41. The highest BCUT2D eigenvalue weighted by atomic mass is 35.5. The van der Waals surface area contributed by atoms with Crippen LogP contribution in [0.1, 0.15) is 5.56 Å². The molecule has 0 spiro atoms. The summed E-state index contributed by atoms with van der Waals surface area (Å²) < 4.78 is 5.36. The first-order valence-electron chi connectivity index (χ1n) is 8.59. The summed E-state index contributed by atoms with van der Waals surface area (Å²) >= 11 is 11.6. The predicted molar refractivity (Wildman–Crippen MR) is 114 cm³/mol. The molecular formula is C20H20ClN3O2S. The van der Waals surface area contributed by atoms with Gasteiger partial charge in [0.1, 0.15) is 0 Å². The standard InChI is InChI=1S/C20H20ClN3O2S/c21-17-14-16(7-8-18(17)24-10-12-26-13-11-24)22-20(27)23-19(25)9-6-15-4-2-1-3-5-15/h1-9,14H,10-13H2,(H2,22,23,25,27)/b9-6-. The molecule has 0 saturated carbocycles. The quantitative estimate of drug-likeness (QED) is 0.604. The number of hydrogen-bond acceptors (Lipinski definition) is 4. The van der Waals surface area contributed by atoms with Gasteiger partial charge in [-0.15, -0.1) is 0 Å². The highest BCUT2D eigenvalue weighted by Gasteiger charge is 2.14. The van der Waals surface area contributed by atoms with Crippen LogP contribution in [0.5, 0.6) is 0 Å². The number of anilines is 2. The molecule has 1 aliphatic rings. The second-order valence-electron chi connectivity index (χ2n) is 5.95. The van der Waals surface area contributed by atoms with Gasteiger partial charge in [0.2, 0.25) is 5.91 Å². The van der Waals surface area contributed by atoms with Crippen molar-refractivity contribution < 1.29 is 9.53 Å². The van der Waals surface area contributed by atoms with Gasteiger partial charge in [-0.2, -0.15) is 0 Å². The number of hydrogen-bond donors (Lipinski definition) is 2. The lowest BCUT2D eigenvalue weighted by atomic mass is 10.2. The van der Waals surface area contributed by atoms with Gasteiger partial charge in [-0.05, 0) is 42.1 Å². The Morgan fingerprint density at radius 2 is 1.89 bits per heavy atom. The van der Waals surface area contributed by atoms with Crippen LogP contribution in [0.25, 0.3) is 6.08 Å². The molecule has 1 heterocycles. The van der Waals surface area contributed by atoms with E-state index in [1.807, 2.05) is 42.5 Å². The number of thiocarbonyl (C=S) groups is 1. The van der Waals surface area contributed by atoms with Crippen molar-refractivity contribution in [2.45, 2.75) is 0 Å². The van der Waals surface area contributed by atoms with Gasteiger partial charge in [-0.25, -0.2) is 0 Å². The van der Waals surface area contributed by atoms with E-state index in [4.69, 9.17) is 28.6 Å². The molecule has 2 aromatic carbocycles. The van der Waals surface area contributed by atoms with Crippen molar-refractivity contribution in [2.24, 2.45) is 0 Å². The van der Waals surface area contributed by atoms with Crippen molar-refractivity contribution in [1.82, 2.24) is 5.32 Å². The molecule has 0 atom stereocenters. The lowest BCUT2D eigenvalue weighted by Crippen LogP contribution is -2.36. The zero-order valence-corrected chi connectivity index (χ0v) is 16.2. The van der Waals surface area contributed by atoms with Gasteiger partial charge in [0.05, 0.1) is 23.9 Å². The Balaban J connectivity index is 1.55. The first kappa shape index (κ1) is 19.4. The summed E-state index contributed by atoms with van der Waals surface area (Å²) in [5, 5.41) is 6.44. The highest BCUT2D eigenvalue weighted by Crippen LogP contribution is 2.29. The number of nitrogens with zero attached hydrogens (tertiary/aromatic N) is 1. The second-order valence-corrected chi connectivity index (χ2v) is 6.77. The largest absolute Gasteiger partial charge is 0.378 e. The fraction of sp³-hybridized carbons (Fsp3) is 0.200. The number of halogens is 1. The summed E-state index contributed by atoms with van der Waals surface area (Å²) in [5.41, 5.74) is 2.62. The topological polar surface area (TPSA) is 53.6 Å². The fourth-order valence-electron chi connectivity index (χ4n) is 2.70. The molecular weight excluding hydrogens is 382 g/mol. The monoisotopic (exact) mass is 401 g/mol. The maximum Gasteiger partial charge on any atom is 0.250 e. The lowest BCUT2D eigenvalue weighted by molar-refractivity contribution is -0.115. The maximum absolute atomic E-state index is 12.0. The minimum absolute atomic E-state index is 0.216. The van der Waals surface area contributed by atoms with Crippen LogP contribution in [0.2, 0.25) is 5.02 Å². The third-order valence-corrected chi connectivity index (χ3v) is 4.53. The third kappa shape index (κ3) is 5.79. The molecule has 140 valence electrons. The Kier molecular flexibility index (Phi) is 6.81. The van der Waals surface area contributed by atoms with Crippen molar-refractivity contribution >= 4 is 52.3 Å². The number of nitrogens with one attached hydrogen (secondary N) is 2. The van der Waals surface area contributed by atoms with Gasteiger partial charge in [0.25, 0.3) is 0 Å². The molecule has 0 bridgehead atoms. The van der Waals surface area contributed by atoms with Gasteiger partial charge in [0.15, 0.2) is 5.11 Å². The van der Waals surface area contributed by atoms with E-state index in [9.17, 15) is 4.79 Å². The smallest absolute Gasteiger partial charge is 0.250 e. The number of carbonyl (C=O) groups excluding carboxylic acids is 1. The Bertz CT molecular complexity index is 836.